The molecule has 6 heteroatoms. The van der Waals surface area contributed by atoms with E-state index in [1.165, 1.54) is 6.92 Å². The van der Waals surface area contributed by atoms with Crippen molar-refractivity contribution in [3.63, 3.8) is 0 Å². The van der Waals surface area contributed by atoms with Gasteiger partial charge in [-0.25, -0.2) is 0 Å². The van der Waals surface area contributed by atoms with E-state index in [1.807, 2.05) is 0 Å². The number of hydrogen-bond donors (Lipinski definition) is 3. The van der Waals surface area contributed by atoms with Crippen LogP contribution in [0.4, 0.5) is 0 Å². The predicted octanol–water partition coefficient (Wildman–Crippen LogP) is -1.03. The molecular weight excluding hydrogens is 160 g/mol. The first-order valence-electron chi connectivity index (χ1n) is 2.67. The molecule has 0 aromatic carbocycles. The third-order valence-electron chi connectivity index (χ3n) is 0.980. The zero-order valence-corrected chi connectivity index (χ0v) is 6.30. The molecule has 0 atom stereocenters. The molecule has 0 aliphatic carbocycles. The smallest absolute Gasteiger partial charge is 0.270 e. The first-order chi connectivity index (χ1) is 4.27. The summed E-state index contributed by atoms with van der Waals surface area (Å²) in [7, 11) is -4.29. The van der Waals surface area contributed by atoms with Crippen molar-refractivity contribution in [3.05, 3.63) is 0 Å². The monoisotopic (exact) mass is 170 g/mol. The summed E-state index contributed by atoms with van der Waals surface area (Å²) in [5.41, 5.74) is 0. The molecule has 0 aliphatic heterocycles. The fraction of sp³-hybridized carbons (Fsp3) is 1.00. The lowest BCUT2D eigenvalue weighted by Crippen LogP contribution is -2.35. The summed E-state index contributed by atoms with van der Waals surface area (Å²) in [5, 5.41) is 17.4. The van der Waals surface area contributed by atoms with Crippen LogP contribution in [0.2, 0.25) is 0 Å². The molecule has 0 aromatic heterocycles. The Bertz CT molecular complexity index is 192. The largest absolute Gasteiger partial charge is 0.365 e. The highest BCUT2D eigenvalue weighted by Crippen LogP contribution is 2.06. The Balaban J connectivity index is 4.16. The molecule has 0 saturated heterocycles. The van der Waals surface area contributed by atoms with Crippen LogP contribution in [-0.2, 0) is 10.1 Å². The zero-order valence-electron chi connectivity index (χ0n) is 5.48. The quantitative estimate of drug-likeness (QED) is 0.371. The molecule has 3 N–H and O–H groups in total. The van der Waals surface area contributed by atoms with Gasteiger partial charge in [0.1, 0.15) is 5.75 Å². The summed E-state index contributed by atoms with van der Waals surface area (Å²) in [6, 6.07) is 0. The van der Waals surface area contributed by atoms with Crippen LogP contribution in [0.1, 0.15) is 13.3 Å². The summed E-state index contributed by atoms with van der Waals surface area (Å²) in [6.07, 6.45) is -0.146. The number of rotatable bonds is 3. The van der Waals surface area contributed by atoms with E-state index in [4.69, 9.17) is 14.8 Å². The Morgan fingerprint density at radius 1 is 1.40 bits per heavy atom. The lowest BCUT2D eigenvalue weighted by molar-refractivity contribution is -0.143. The Hall–Kier alpha value is -0.170. The molecule has 10 heavy (non-hydrogen) atoms. The minimum absolute atomic E-state index is 0.146. The number of aliphatic hydroxyl groups is 2. The molecule has 0 saturated carbocycles. The molecule has 0 amide bonds. The van der Waals surface area contributed by atoms with Gasteiger partial charge in [-0.05, 0) is 6.42 Å². The topological polar surface area (TPSA) is 94.8 Å². The lowest BCUT2D eigenvalue weighted by Gasteiger charge is -2.16. The first kappa shape index (κ1) is 9.83. The highest BCUT2D eigenvalue weighted by Gasteiger charge is 2.26. The van der Waals surface area contributed by atoms with Crippen LogP contribution in [0.5, 0.6) is 0 Å². The highest BCUT2D eigenvalue weighted by molar-refractivity contribution is 7.85. The zero-order chi connectivity index (χ0) is 8.41. The molecule has 0 aliphatic rings. The van der Waals surface area contributed by atoms with Crippen molar-refractivity contribution < 1.29 is 23.2 Å². The Kier molecular flexibility index (Phi) is 2.78. The van der Waals surface area contributed by atoms with Gasteiger partial charge in [0.05, 0.1) is 0 Å². The number of hydrogen-bond acceptors (Lipinski definition) is 4. The van der Waals surface area contributed by atoms with Crippen molar-refractivity contribution in [1.29, 1.82) is 0 Å². The van der Waals surface area contributed by atoms with Crippen LogP contribution >= 0.6 is 0 Å². The van der Waals surface area contributed by atoms with E-state index in [2.05, 4.69) is 0 Å². The van der Waals surface area contributed by atoms with Crippen molar-refractivity contribution in [2.75, 3.05) is 5.75 Å². The molecule has 0 heterocycles. The second kappa shape index (κ2) is 2.83. The van der Waals surface area contributed by atoms with E-state index in [-0.39, 0.29) is 6.42 Å². The standard InChI is InChI=1S/C4H10O5S/c1-2-4(5,6)3-10(7,8)9/h5-6H,2-3H2,1H3,(H,7,8,9). The fourth-order valence-electron chi connectivity index (χ4n) is 0.394. The Labute approximate surface area is 59.1 Å². The average molecular weight is 170 g/mol. The van der Waals surface area contributed by atoms with Gasteiger partial charge in [0.25, 0.3) is 10.1 Å². The molecule has 0 radical (unpaired) electrons. The van der Waals surface area contributed by atoms with Crippen molar-refractivity contribution >= 4 is 10.1 Å². The minimum atomic E-state index is -4.29. The maximum Gasteiger partial charge on any atom is 0.270 e. The van der Waals surface area contributed by atoms with E-state index in [0.29, 0.717) is 0 Å². The Morgan fingerprint density at radius 3 is 1.90 bits per heavy atom. The first-order valence-corrected chi connectivity index (χ1v) is 4.28. The van der Waals surface area contributed by atoms with Gasteiger partial charge in [-0.2, -0.15) is 8.42 Å². The van der Waals surface area contributed by atoms with Gasteiger partial charge in [0.15, 0.2) is 5.79 Å². The van der Waals surface area contributed by atoms with Crippen LogP contribution in [0.25, 0.3) is 0 Å². The second-order valence-electron chi connectivity index (χ2n) is 2.06. The highest BCUT2D eigenvalue weighted by atomic mass is 32.2. The Morgan fingerprint density at radius 2 is 1.80 bits per heavy atom. The molecule has 0 fully saturated rings. The summed E-state index contributed by atoms with van der Waals surface area (Å²) in [4.78, 5) is 0. The van der Waals surface area contributed by atoms with Gasteiger partial charge in [-0.1, -0.05) is 6.92 Å². The summed E-state index contributed by atoms with van der Waals surface area (Å²) in [6.45, 7) is 1.39. The lowest BCUT2D eigenvalue weighted by atomic mass is 10.2. The van der Waals surface area contributed by atoms with E-state index in [0.717, 1.165) is 0 Å². The SMILES string of the molecule is CCC(O)(O)CS(=O)(=O)O. The van der Waals surface area contributed by atoms with Crippen LogP contribution in [0, 0.1) is 0 Å². The molecule has 0 aromatic rings. The third-order valence-corrected chi connectivity index (χ3v) is 1.81. The summed E-state index contributed by atoms with van der Waals surface area (Å²) in [5.74, 6) is -3.36. The van der Waals surface area contributed by atoms with Gasteiger partial charge in [-0.15, -0.1) is 0 Å². The van der Waals surface area contributed by atoms with Crippen molar-refractivity contribution in [1.82, 2.24) is 0 Å². The molecule has 0 bridgehead atoms. The van der Waals surface area contributed by atoms with Gasteiger partial charge in [0, 0.05) is 0 Å². The van der Waals surface area contributed by atoms with Gasteiger partial charge in [-0.3, -0.25) is 4.55 Å². The summed E-state index contributed by atoms with van der Waals surface area (Å²) < 4.78 is 28.2. The summed E-state index contributed by atoms with van der Waals surface area (Å²) >= 11 is 0. The van der Waals surface area contributed by atoms with Crippen LogP contribution in [0.3, 0.4) is 0 Å². The average Bonchev–Trinajstić information content (AvgIpc) is 1.60. The maximum atomic E-state index is 10.0. The van der Waals surface area contributed by atoms with Gasteiger partial charge < -0.3 is 10.2 Å². The molecule has 0 unspecified atom stereocenters. The van der Waals surface area contributed by atoms with E-state index in [1.54, 1.807) is 0 Å². The predicted molar refractivity (Wildman–Crippen MR) is 33.9 cm³/mol. The van der Waals surface area contributed by atoms with Crippen molar-refractivity contribution in [3.8, 4) is 0 Å². The van der Waals surface area contributed by atoms with E-state index >= 15 is 0 Å². The third kappa shape index (κ3) is 4.68. The maximum absolute atomic E-state index is 10.0. The normalized spacial score (nSPS) is 13.6. The van der Waals surface area contributed by atoms with Crippen molar-refractivity contribution in [2.45, 2.75) is 19.1 Å². The van der Waals surface area contributed by atoms with Crippen LogP contribution in [-0.4, -0.2) is 34.7 Å². The second-order valence-corrected chi connectivity index (χ2v) is 3.51. The molecule has 0 spiro atoms. The van der Waals surface area contributed by atoms with Gasteiger partial charge in [0.2, 0.25) is 0 Å². The molecule has 62 valence electrons. The molecule has 5 nitrogen and oxygen atoms in total. The van der Waals surface area contributed by atoms with Crippen LogP contribution < -0.4 is 0 Å². The minimum Gasteiger partial charge on any atom is -0.365 e. The van der Waals surface area contributed by atoms with E-state index in [9.17, 15) is 8.42 Å². The van der Waals surface area contributed by atoms with Gasteiger partial charge >= 0.3 is 0 Å². The van der Waals surface area contributed by atoms with Crippen molar-refractivity contribution in [2.24, 2.45) is 0 Å². The fourth-order valence-corrected chi connectivity index (χ4v) is 1.18. The van der Waals surface area contributed by atoms with E-state index < -0.39 is 21.7 Å². The molecular formula is C4H10O5S. The molecule has 0 rings (SSSR count). The van der Waals surface area contributed by atoms with Crippen LogP contribution in [0.15, 0.2) is 0 Å².